The van der Waals surface area contributed by atoms with Crippen LogP contribution in [0.2, 0.25) is 0 Å². The van der Waals surface area contributed by atoms with Gasteiger partial charge in [0.2, 0.25) is 0 Å². The number of carbonyl (C=O) groups is 2. The van der Waals surface area contributed by atoms with Gasteiger partial charge >= 0.3 is 0 Å². The molecule has 1 N–H and O–H groups in total. The van der Waals surface area contributed by atoms with E-state index in [1.807, 2.05) is 0 Å². The van der Waals surface area contributed by atoms with E-state index in [2.05, 4.69) is 15.2 Å². The number of likely N-dealkylation sites (tertiary alicyclic amines) is 1. The van der Waals surface area contributed by atoms with E-state index in [1.54, 1.807) is 0 Å². The van der Waals surface area contributed by atoms with Gasteiger partial charge in [0, 0.05) is 13.0 Å². The lowest BCUT2D eigenvalue weighted by Crippen LogP contribution is -2.52. The lowest BCUT2D eigenvalue weighted by Gasteiger charge is -2.29. The van der Waals surface area contributed by atoms with Crippen molar-refractivity contribution in [2.75, 3.05) is 6.54 Å². The molecule has 2 aliphatic heterocycles. The Bertz CT molecular complexity index is 422. The summed E-state index contributed by atoms with van der Waals surface area (Å²) in [5.74, 6) is 0.232. The summed E-state index contributed by atoms with van der Waals surface area (Å²) < 4.78 is 5.31. The number of imide groups is 1. The molecule has 0 spiro atoms. The third-order valence-corrected chi connectivity index (χ3v) is 3.14. The molecular formula is C10H12N4O3. The molecule has 2 fully saturated rings. The number of nitrogens with zero attached hydrogens (tertiary/aromatic N) is 3. The fourth-order valence-electron chi connectivity index (χ4n) is 2.25. The number of morpholine rings is 1. The van der Waals surface area contributed by atoms with Crippen LogP contribution in [0.5, 0.6) is 0 Å². The highest BCUT2D eigenvalue weighted by Crippen LogP contribution is 2.28. The number of aromatic nitrogens is 3. The summed E-state index contributed by atoms with van der Waals surface area (Å²) in [6.07, 6.45) is 2.35. The summed E-state index contributed by atoms with van der Waals surface area (Å²) >= 11 is 0. The molecule has 7 heteroatoms. The fourth-order valence-corrected chi connectivity index (χ4v) is 2.25. The normalized spacial score (nSPS) is 27.9. The number of rotatable bonds is 3. The maximum atomic E-state index is 11.9. The number of H-pyrrole nitrogens is 1. The number of ether oxygens (including phenoxy) is 1. The second kappa shape index (κ2) is 3.92. The van der Waals surface area contributed by atoms with E-state index in [4.69, 9.17) is 4.74 Å². The minimum Gasteiger partial charge on any atom is -0.355 e. The molecule has 1 aromatic rings. The molecule has 0 saturated carbocycles. The first-order chi connectivity index (χ1) is 8.25. The van der Waals surface area contributed by atoms with Crippen LogP contribution in [0.15, 0.2) is 6.33 Å². The van der Waals surface area contributed by atoms with Gasteiger partial charge in [0.25, 0.3) is 11.8 Å². The number of aromatic amines is 1. The monoisotopic (exact) mass is 236 g/mol. The summed E-state index contributed by atoms with van der Waals surface area (Å²) in [6.45, 7) is 0.337. The fraction of sp³-hybridized carbons (Fsp3) is 0.600. The van der Waals surface area contributed by atoms with Gasteiger partial charge in [-0.25, -0.2) is 4.98 Å². The van der Waals surface area contributed by atoms with Crippen molar-refractivity contribution in [1.29, 1.82) is 0 Å². The molecule has 2 aliphatic rings. The number of carbonyl (C=O) groups excluding carboxylic acids is 2. The Morgan fingerprint density at radius 3 is 2.65 bits per heavy atom. The minimum absolute atomic E-state index is 0.219. The van der Waals surface area contributed by atoms with Gasteiger partial charge < -0.3 is 4.74 Å². The molecule has 0 aliphatic carbocycles. The number of nitrogens with one attached hydrogen (secondary N) is 1. The Balaban J connectivity index is 1.69. The first kappa shape index (κ1) is 10.4. The van der Waals surface area contributed by atoms with E-state index in [0.717, 1.165) is 0 Å². The maximum absolute atomic E-state index is 11.9. The highest BCUT2D eigenvalue weighted by Gasteiger charge is 2.46. The van der Waals surface area contributed by atoms with Gasteiger partial charge in [0.05, 0.1) is 0 Å². The van der Waals surface area contributed by atoms with Crippen molar-refractivity contribution >= 4 is 11.8 Å². The van der Waals surface area contributed by atoms with Crippen LogP contribution in [0.4, 0.5) is 0 Å². The molecule has 2 amide bonds. The molecule has 0 aromatic carbocycles. The molecule has 3 rings (SSSR count). The highest BCUT2D eigenvalue weighted by atomic mass is 16.5. The van der Waals surface area contributed by atoms with Crippen LogP contribution in [-0.4, -0.2) is 50.6 Å². The van der Waals surface area contributed by atoms with Crippen molar-refractivity contribution in [2.45, 2.75) is 31.5 Å². The van der Waals surface area contributed by atoms with E-state index in [-0.39, 0.29) is 11.8 Å². The van der Waals surface area contributed by atoms with Gasteiger partial charge in [0.1, 0.15) is 24.4 Å². The van der Waals surface area contributed by atoms with Gasteiger partial charge in [-0.2, -0.15) is 5.10 Å². The third kappa shape index (κ3) is 1.72. The zero-order valence-corrected chi connectivity index (χ0v) is 9.13. The van der Waals surface area contributed by atoms with Crippen molar-refractivity contribution in [2.24, 2.45) is 0 Å². The van der Waals surface area contributed by atoms with Crippen molar-refractivity contribution in [3.63, 3.8) is 0 Å². The Hall–Kier alpha value is -1.76. The number of hydrogen-bond acceptors (Lipinski definition) is 5. The van der Waals surface area contributed by atoms with E-state index in [1.165, 1.54) is 11.2 Å². The van der Waals surface area contributed by atoms with E-state index >= 15 is 0 Å². The Kier molecular flexibility index (Phi) is 2.40. The topological polar surface area (TPSA) is 88.2 Å². The first-order valence-electron chi connectivity index (χ1n) is 5.60. The third-order valence-electron chi connectivity index (χ3n) is 3.14. The van der Waals surface area contributed by atoms with Gasteiger partial charge in [-0.3, -0.25) is 19.6 Å². The number of amides is 2. The van der Waals surface area contributed by atoms with Crippen LogP contribution in [0.1, 0.15) is 18.7 Å². The minimum atomic E-state index is -0.424. The Morgan fingerprint density at radius 2 is 2.06 bits per heavy atom. The zero-order valence-electron chi connectivity index (χ0n) is 9.13. The quantitative estimate of drug-likeness (QED) is 0.698. The molecule has 1 aromatic heterocycles. The van der Waals surface area contributed by atoms with Crippen LogP contribution in [-0.2, 0) is 20.7 Å². The van der Waals surface area contributed by atoms with Crippen LogP contribution < -0.4 is 0 Å². The van der Waals surface area contributed by atoms with Gasteiger partial charge in [-0.05, 0) is 12.8 Å². The van der Waals surface area contributed by atoms with Gasteiger partial charge in [0.15, 0.2) is 0 Å². The largest absolute Gasteiger partial charge is 0.355 e. The average Bonchev–Trinajstić information content (AvgIpc) is 2.97. The second-order valence-corrected chi connectivity index (χ2v) is 4.20. The van der Waals surface area contributed by atoms with Gasteiger partial charge in [-0.15, -0.1) is 0 Å². The molecule has 90 valence electrons. The van der Waals surface area contributed by atoms with E-state index in [9.17, 15) is 9.59 Å². The van der Waals surface area contributed by atoms with Gasteiger partial charge in [-0.1, -0.05) is 0 Å². The van der Waals surface area contributed by atoms with E-state index < -0.39 is 12.2 Å². The second-order valence-electron chi connectivity index (χ2n) is 4.20. The van der Waals surface area contributed by atoms with Crippen LogP contribution >= 0.6 is 0 Å². The first-order valence-corrected chi connectivity index (χ1v) is 5.60. The smallest absolute Gasteiger partial charge is 0.258 e. The summed E-state index contributed by atoms with van der Waals surface area (Å²) in [6, 6.07) is 0. The summed E-state index contributed by atoms with van der Waals surface area (Å²) in [4.78, 5) is 29.0. The van der Waals surface area contributed by atoms with Crippen molar-refractivity contribution in [3.05, 3.63) is 12.2 Å². The average molecular weight is 236 g/mol. The molecule has 7 nitrogen and oxygen atoms in total. The molecule has 17 heavy (non-hydrogen) atoms. The SMILES string of the molecule is O=C1C2CCC(O2)C(=O)N1CCc1ncn[nH]1. The number of fused-ring (bicyclic) bond motifs is 2. The summed E-state index contributed by atoms with van der Waals surface area (Å²) in [5, 5.41) is 6.42. The van der Waals surface area contributed by atoms with E-state index in [0.29, 0.717) is 31.6 Å². The number of hydrogen-bond donors (Lipinski definition) is 1. The summed E-state index contributed by atoms with van der Waals surface area (Å²) in [7, 11) is 0. The van der Waals surface area contributed by atoms with Crippen molar-refractivity contribution in [1.82, 2.24) is 20.1 Å². The molecule has 2 unspecified atom stereocenters. The lowest BCUT2D eigenvalue weighted by molar-refractivity contribution is -0.168. The Morgan fingerprint density at radius 1 is 1.35 bits per heavy atom. The predicted molar refractivity (Wildman–Crippen MR) is 54.7 cm³/mol. The predicted octanol–water partition coefficient (Wildman–Crippen LogP) is -0.736. The lowest BCUT2D eigenvalue weighted by atomic mass is 10.2. The van der Waals surface area contributed by atoms with Crippen LogP contribution in [0, 0.1) is 0 Å². The molecule has 2 bridgehead atoms. The van der Waals surface area contributed by atoms with Crippen molar-refractivity contribution < 1.29 is 14.3 Å². The van der Waals surface area contributed by atoms with Crippen LogP contribution in [0.3, 0.4) is 0 Å². The molecule has 2 saturated heterocycles. The zero-order chi connectivity index (χ0) is 11.8. The molecule has 3 heterocycles. The Labute approximate surface area is 97.2 Å². The molecular weight excluding hydrogens is 224 g/mol. The van der Waals surface area contributed by atoms with Crippen molar-refractivity contribution in [3.8, 4) is 0 Å². The highest BCUT2D eigenvalue weighted by molar-refractivity contribution is 6.02. The maximum Gasteiger partial charge on any atom is 0.258 e. The summed E-state index contributed by atoms with van der Waals surface area (Å²) in [5.41, 5.74) is 0. The molecule has 2 atom stereocenters. The van der Waals surface area contributed by atoms with Crippen LogP contribution in [0.25, 0.3) is 0 Å². The standard InChI is InChI=1S/C10H12N4O3/c15-9-6-1-2-7(17-6)10(16)14(9)4-3-8-11-5-12-13-8/h5-7H,1-4H2,(H,11,12,13). The molecule has 0 radical (unpaired) electrons.